The van der Waals surface area contributed by atoms with Crippen molar-refractivity contribution in [1.29, 1.82) is 0 Å². The number of ether oxygens (including phenoxy) is 2. The molecule has 2 aromatic carbocycles. The fourth-order valence-electron chi connectivity index (χ4n) is 2.89. The zero-order valence-corrected chi connectivity index (χ0v) is 13.6. The second-order valence-electron chi connectivity index (χ2n) is 5.63. The van der Waals surface area contributed by atoms with E-state index in [4.69, 9.17) is 26.2 Å². The van der Waals surface area contributed by atoms with Crippen molar-refractivity contribution in [3.05, 3.63) is 58.7 Å². The average Bonchev–Trinajstić information content (AvgIpc) is 3.17. The smallest absolute Gasteiger partial charge is 0.307 e. The number of carbonyl (C=O) groups excluding carboxylic acids is 1. The zero-order valence-electron chi connectivity index (χ0n) is 12.9. The summed E-state index contributed by atoms with van der Waals surface area (Å²) in [5.41, 5.74) is 1.55. The van der Waals surface area contributed by atoms with E-state index >= 15 is 0 Å². The highest BCUT2D eigenvalue weighted by atomic mass is 35.5. The topological polar surface area (TPSA) is 77.8 Å². The summed E-state index contributed by atoms with van der Waals surface area (Å²) >= 11 is 5.87. The Morgan fingerprint density at radius 2 is 1.80 bits per heavy atom. The molecule has 0 unspecified atom stereocenters. The molecule has 0 amide bonds. The van der Waals surface area contributed by atoms with Gasteiger partial charge >= 0.3 is 5.97 Å². The minimum Gasteiger partial charge on any atom is -0.481 e. The highest BCUT2D eigenvalue weighted by Crippen LogP contribution is 2.38. The van der Waals surface area contributed by atoms with Crippen LogP contribution in [0, 0.1) is 0 Å². The Morgan fingerprint density at radius 3 is 2.48 bits per heavy atom. The third-order valence-electron chi connectivity index (χ3n) is 4.03. The Balaban J connectivity index is 1.89. The van der Waals surface area contributed by atoms with Crippen LogP contribution in [0.3, 0.4) is 0 Å². The van der Waals surface area contributed by atoms with E-state index in [1.165, 1.54) is 4.57 Å². The first-order valence-corrected chi connectivity index (χ1v) is 7.86. The minimum absolute atomic E-state index is 0.0985. The van der Waals surface area contributed by atoms with Gasteiger partial charge in [0, 0.05) is 28.2 Å². The molecule has 0 atom stereocenters. The predicted molar refractivity (Wildman–Crippen MR) is 90.6 cm³/mol. The largest absolute Gasteiger partial charge is 0.481 e. The van der Waals surface area contributed by atoms with Crippen molar-refractivity contribution in [3.8, 4) is 11.5 Å². The van der Waals surface area contributed by atoms with E-state index in [2.05, 4.69) is 0 Å². The molecule has 1 aromatic heterocycles. The molecule has 3 aromatic rings. The maximum Gasteiger partial charge on any atom is 0.307 e. The quantitative estimate of drug-likeness (QED) is 0.777. The third kappa shape index (κ3) is 2.70. The van der Waals surface area contributed by atoms with Gasteiger partial charge in [0.2, 0.25) is 6.79 Å². The van der Waals surface area contributed by atoms with E-state index in [0.717, 1.165) is 0 Å². The number of rotatable bonds is 3. The van der Waals surface area contributed by atoms with Crippen molar-refractivity contribution in [2.45, 2.75) is 6.42 Å². The summed E-state index contributed by atoms with van der Waals surface area (Å²) < 4.78 is 12.2. The van der Waals surface area contributed by atoms with Crippen LogP contribution in [0.1, 0.15) is 15.9 Å². The van der Waals surface area contributed by atoms with Gasteiger partial charge in [-0.25, -0.2) is 0 Å². The molecule has 7 heteroatoms. The van der Waals surface area contributed by atoms with Gasteiger partial charge in [-0.1, -0.05) is 11.6 Å². The highest BCUT2D eigenvalue weighted by Gasteiger charge is 2.22. The number of halogens is 1. The second-order valence-corrected chi connectivity index (χ2v) is 6.07. The number of carboxylic acid groups (broad SMARTS) is 1. The number of fused-ring (bicyclic) bond motifs is 2. The Bertz CT molecular complexity index is 1010. The SMILES string of the molecule is O=C(O)Cc1cn(C(=O)c2ccc(Cl)cc2)c2cc3c(cc12)OCO3. The zero-order chi connectivity index (χ0) is 17.6. The van der Waals surface area contributed by atoms with Gasteiger partial charge in [-0.3, -0.25) is 14.2 Å². The summed E-state index contributed by atoms with van der Waals surface area (Å²) in [5.74, 6) is -0.193. The molecule has 1 aliphatic rings. The molecule has 0 radical (unpaired) electrons. The van der Waals surface area contributed by atoms with Crippen molar-refractivity contribution in [2.24, 2.45) is 0 Å². The highest BCUT2D eigenvalue weighted by molar-refractivity contribution is 6.30. The number of nitrogens with zero attached hydrogens (tertiary/aromatic N) is 1. The van der Waals surface area contributed by atoms with E-state index < -0.39 is 5.97 Å². The Labute approximate surface area is 147 Å². The Morgan fingerprint density at radius 1 is 1.12 bits per heavy atom. The maximum atomic E-state index is 12.9. The molecular formula is C18H12ClNO5. The lowest BCUT2D eigenvalue weighted by molar-refractivity contribution is -0.136. The van der Waals surface area contributed by atoms with E-state index in [-0.39, 0.29) is 19.1 Å². The van der Waals surface area contributed by atoms with Crippen LogP contribution in [-0.4, -0.2) is 28.3 Å². The lowest BCUT2D eigenvalue weighted by atomic mass is 10.1. The van der Waals surface area contributed by atoms with Crippen LogP contribution in [0.5, 0.6) is 11.5 Å². The van der Waals surface area contributed by atoms with Crippen LogP contribution in [0.2, 0.25) is 5.02 Å². The predicted octanol–water partition coefficient (Wildman–Crippen LogP) is 3.34. The number of hydrogen-bond donors (Lipinski definition) is 1. The first kappa shape index (κ1) is 15.5. The van der Waals surface area contributed by atoms with Gasteiger partial charge in [0.25, 0.3) is 5.91 Å². The molecule has 2 heterocycles. The molecule has 1 aliphatic heterocycles. The molecule has 0 fully saturated rings. The van der Waals surface area contributed by atoms with Crippen molar-refractivity contribution >= 4 is 34.4 Å². The molecule has 0 aliphatic carbocycles. The molecule has 4 rings (SSSR count). The first-order chi connectivity index (χ1) is 12.0. The van der Waals surface area contributed by atoms with Gasteiger partial charge in [-0.05, 0) is 35.9 Å². The fraction of sp³-hybridized carbons (Fsp3) is 0.111. The van der Waals surface area contributed by atoms with Crippen LogP contribution in [0.4, 0.5) is 0 Å². The van der Waals surface area contributed by atoms with E-state index in [0.29, 0.717) is 38.6 Å². The van der Waals surface area contributed by atoms with Gasteiger partial charge in [-0.15, -0.1) is 0 Å². The minimum atomic E-state index is -0.976. The van der Waals surface area contributed by atoms with E-state index in [1.807, 2.05) is 0 Å². The van der Waals surface area contributed by atoms with Gasteiger partial charge in [0.15, 0.2) is 11.5 Å². The van der Waals surface area contributed by atoms with Crippen LogP contribution in [-0.2, 0) is 11.2 Å². The van der Waals surface area contributed by atoms with Gasteiger partial charge < -0.3 is 14.6 Å². The molecule has 0 saturated carbocycles. The number of aromatic nitrogens is 1. The number of carbonyl (C=O) groups is 2. The number of benzene rings is 2. The van der Waals surface area contributed by atoms with Gasteiger partial charge in [0.1, 0.15) is 0 Å². The molecule has 1 N–H and O–H groups in total. The summed E-state index contributed by atoms with van der Waals surface area (Å²) in [6, 6.07) is 9.92. The summed E-state index contributed by atoms with van der Waals surface area (Å²) in [6.07, 6.45) is 1.35. The molecular weight excluding hydrogens is 346 g/mol. The number of aliphatic carboxylic acids is 1. The summed E-state index contributed by atoms with van der Waals surface area (Å²) in [4.78, 5) is 24.0. The standard InChI is InChI=1S/C18H12ClNO5/c19-12-3-1-10(2-4-12)18(23)20-8-11(5-17(21)22)13-6-15-16(7-14(13)20)25-9-24-15/h1-4,6-8H,5,9H2,(H,21,22). The average molecular weight is 358 g/mol. The lowest BCUT2D eigenvalue weighted by Gasteiger charge is -2.05. The first-order valence-electron chi connectivity index (χ1n) is 7.48. The van der Waals surface area contributed by atoms with Gasteiger partial charge in [0.05, 0.1) is 11.9 Å². The molecule has 0 saturated heterocycles. The number of carboxylic acids is 1. The van der Waals surface area contributed by atoms with E-state index in [9.17, 15) is 9.59 Å². The summed E-state index contributed by atoms with van der Waals surface area (Å²) in [7, 11) is 0. The van der Waals surface area contributed by atoms with Crippen molar-refractivity contribution in [2.75, 3.05) is 6.79 Å². The van der Waals surface area contributed by atoms with Crippen LogP contribution in [0.15, 0.2) is 42.6 Å². The second kappa shape index (κ2) is 5.82. The van der Waals surface area contributed by atoms with Crippen molar-refractivity contribution in [3.63, 3.8) is 0 Å². The van der Waals surface area contributed by atoms with Crippen LogP contribution in [0.25, 0.3) is 10.9 Å². The molecule has 0 bridgehead atoms. The molecule has 6 nitrogen and oxygen atoms in total. The fourth-order valence-corrected chi connectivity index (χ4v) is 3.01. The number of hydrogen-bond acceptors (Lipinski definition) is 4. The molecule has 126 valence electrons. The lowest BCUT2D eigenvalue weighted by Crippen LogP contribution is -2.10. The monoisotopic (exact) mass is 357 g/mol. The summed E-state index contributed by atoms with van der Waals surface area (Å²) in [5, 5.41) is 10.3. The molecule has 0 spiro atoms. The van der Waals surface area contributed by atoms with Crippen molar-refractivity contribution < 1.29 is 24.2 Å². The Kier molecular flexibility index (Phi) is 3.62. The maximum absolute atomic E-state index is 12.9. The van der Waals surface area contributed by atoms with Crippen LogP contribution >= 0.6 is 11.6 Å². The normalized spacial score (nSPS) is 12.5. The van der Waals surface area contributed by atoms with Crippen molar-refractivity contribution in [1.82, 2.24) is 4.57 Å². The third-order valence-corrected chi connectivity index (χ3v) is 4.28. The molecule has 25 heavy (non-hydrogen) atoms. The van der Waals surface area contributed by atoms with Crippen LogP contribution < -0.4 is 9.47 Å². The summed E-state index contributed by atoms with van der Waals surface area (Å²) in [6.45, 7) is 0.0985. The Hall–Kier alpha value is -2.99. The van der Waals surface area contributed by atoms with E-state index in [1.54, 1.807) is 42.6 Å². The van der Waals surface area contributed by atoms with Gasteiger partial charge in [-0.2, -0.15) is 0 Å².